The van der Waals surface area contributed by atoms with E-state index in [9.17, 15) is 4.79 Å². The van der Waals surface area contributed by atoms with Crippen LogP contribution in [0.15, 0.2) is 36.4 Å². The lowest BCUT2D eigenvalue weighted by Crippen LogP contribution is -2.30. The van der Waals surface area contributed by atoms with Gasteiger partial charge in [-0.1, -0.05) is 18.2 Å². The first-order valence-corrected chi connectivity index (χ1v) is 7.51. The van der Waals surface area contributed by atoms with Crippen molar-refractivity contribution < 1.29 is 9.53 Å². The van der Waals surface area contributed by atoms with E-state index in [0.29, 0.717) is 24.2 Å². The summed E-state index contributed by atoms with van der Waals surface area (Å²) in [5, 5.41) is 16.7. The molecule has 1 saturated carbocycles. The summed E-state index contributed by atoms with van der Waals surface area (Å²) in [5.41, 5.74) is 1.03. The second-order valence-electron chi connectivity index (χ2n) is 5.34. The number of hydrogen-bond donors (Lipinski definition) is 3. The number of methoxy groups -OCH3 is 1. The molecule has 0 aliphatic heterocycles. The summed E-state index contributed by atoms with van der Waals surface area (Å²) in [6.07, 6.45) is 2.09. The molecule has 3 N–H and O–H groups in total. The van der Waals surface area contributed by atoms with Gasteiger partial charge in [0.1, 0.15) is 11.6 Å². The van der Waals surface area contributed by atoms with E-state index in [1.165, 1.54) is 0 Å². The Labute approximate surface area is 134 Å². The summed E-state index contributed by atoms with van der Waals surface area (Å²) in [6, 6.07) is 11.3. The molecular formula is C16H19N5O2. The number of benzene rings is 1. The first kappa shape index (κ1) is 15.1. The van der Waals surface area contributed by atoms with Crippen molar-refractivity contribution >= 4 is 17.7 Å². The van der Waals surface area contributed by atoms with Gasteiger partial charge in [-0.25, -0.2) is 4.79 Å². The van der Waals surface area contributed by atoms with Crippen molar-refractivity contribution in [3.05, 3.63) is 42.0 Å². The van der Waals surface area contributed by atoms with Gasteiger partial charge in [0.05, 0.1) is 7.11 Å². The molecule has 120 valence electrons. The number of nitrogens with zero attached hydrogens (tertiary/aromatic N) is 2. The number of ether oxygens (including phenoxy) is 1. The Morgan fingerprint density at radius 2 is 1.91 bits per heavy atom. The highest BCUT2D eigenvalue weighted by Crippen LogP contribution is 2.19. The summed E-state index contributed by atoms with van der Waals surface area (Å²) >= 11 is 0. The smallest absolute Gasteiger partial charge is 0.320 e. The van der Waals surface area contributed by atoms with Crippen molar-refractivity contribution in [1.29, 1.82) is 0 Å². The summed E-state index contributed by atoms with van der Waals surface area (Å²) in [4.78, 5) is 11.6. The maximum atomic E-state index is 11.6. The van der Waals surface area contributed by atoms with Crippen molar-refractivity contribution in [2.24, 2.45) is 0 Å². The molecule has 1 aromatic carbocycles. The number of carbonyl (C=O) groups excluding carboxylic acids is 1. The van der Waals surface area contributed by atoms with Crippen molar-refractivity contribution in [2.45, 2.75) is 25.4 Å². The Kier molecular flexibility index (Phi) is 4.56. The van der Waals surface area contributed by atoms with Gasteiger partial charge in [-0.2, -0.15) is 0 Å². The van der Waals surface area contributed by atoms with Gasteiger partial charge in [0.2, 0.25) is 0 Å². The van der Waals surface area contributed by atoms with Crippen molar-refractivity contribution in [2.75, 3.05) is 17.7 Å². The topological polar surface area (TPSA) is 88.2 Å². The number of hydrogen-bond acceptors (Lipinski definition) is 5. The molecular weight excluding hydrogens is 294 g/mol. The largest absolute Gasteiger partial charge is 0.496 e. The number of anilines is 2. The monoisotopic (exact) mass is 313 g/mol. The second kappa shape index (κ2) is 6.95. The summed E-state index contributed by atoms with van der Waals surface area (Å²) in [7, 11) is 1.64. The number of para-hydroxylation sites is 1. The molecule has 1 heterocycles. The fraction of sp³-hybridized carbons (Fsp3) is 0.312. The average molecular weight is 313 g/mol. The van der Waals surface area contributed by atoms with E-state index in [1.54, 1.807) is 19.2 Å². The van der Waals surface area contributed by atoms with Crippen LogP contribution in [-0.4, -0.2) is 29.4 Å². The quantitative estimate of drug-likeness (QED) is 0.762. The van der Waals surface area contributed by atoms with Crippen LogP contribution in [0.2, 0.25) is 0 Å². The Hall–Kier alpha value is -2.83. The van der Waals surface area contributed by atoms with Crippen LogP contribution in [0, 0.1) is 0 Å². The van der Waals surface area contributed by atoms with Gasteiger partial charge in [0.25, 0.3) is 0 Å². The fourth-order valence-electron chi connectivity index (χ4n) is 2.09. The third-order valence-corrected chi connectivity index (χ3v) is 3.47. The highest BCUT2D eigenvalue weighted by Gasteiger charge is 2.23. The van der Waals surface area contributed by atoms with E-state index < -0.39 is 0 Å². The zero-order valence-corrected chi connectivity index (χ0v) is 12.9. The molecule has 2 aromatic rings. The average Bonchev–Trinajstić information content (AvgIpc) is 3.38. The molecule has 1 aromatic heterocycles. The summed E-state index contributed by atoms with van der Waals surface area (Å²) < 4.78 is 5.30. The lowest BCUT2D eigenvalue weighted by molar-refractivity contribution is 0.251. The minimum Gasteiger partial charge on any atom is -0.496 e. The van der Waals surface area contributed by atoms with Gasteiger partial charge < -0.3 is 15.4 Å². The highest BCUT2D eigenvalue weighted by molar-refractivity contribution is 5.88. The van der Waals surface area contributed by atoms with Crippen LogP contribution in [0.3, 0.4) is 0 Å². The summed E-state index contributed by atoms with van der Waals surface area (Å²) in [6.45, 7) is 0.577. The lowest BCUT2D eigenvalue weighted by atomic mass is 10.2. The van der Waals surface area contributed by atoms with Crippen molar-refractivity contribution in [3.63, 3.8) is 0 Å². The molecule has 0 radical (unpaired) electrons. The zero-order chi connectivity index (χ0) is 16.1. The Bertz CT molecular complexity index is 670. The van der Waals surface area contributed by atoms with E-state index in [4.69, 9.17) is 4.74 Å². The Morgan fingerprint density at radius 3 is 2.61 bits per heavy atom. The van der Waals surface area contributed by atoms with E-state index >= 15 is 0 Å². The Morgan fingerprint density at radius 1 is 1.17 bits per heavy atom. The molecule has 1 aliphatic rings. The molecule has 7 heteroatoms. The van der Waals surface area contributed by atoms with Crippen LogP contribution >= 0.6 is 0 Å². The van der Waals surface area contributed by atoms with Gasteiger partial charge in [0.15, 0.2) is 5.82 Å². The van der Waals surface area contributed by atoms with Gasteiger partial charge in [0, 0.05) is 18.2 Å². The standard InChI is InChI=1S/C16H19N5O2/c1-23-13-5-3-2-4-11(13)10-17-14-8-9-15(21-20-14)19-16(22)18-12-6-7-12/h2-5,8-9,12H,6-7,10H2,1H3,(H,17,20)(H2,18,19,21,22). The van der Waals surface area contributed by atoms with Crippen LogP contribution in [0.4, 0.5) is 16.4 Å². The van der Waals surface area contributed by atoms with Crippen molar-refractivity contribution in [3.8, 4) is 5.75 Å². The van der Waals surface area contributed by atoms with Crippen molar-refractivity contribution in [1.82, 2.24) is 15.5 Å². The zero-order valence-electron chi connectivity index (χ0n) is 12.9. The van der Waals surface area contributed by atoms with Crippen LogP contribution in [0.1, 0.15) is 18.4 Å². The molecule has 23 heavy (non-hydrogen) atoms. The summed E-state index contributed by atoms with van der Waals surface area (Å²) in [5.74, 6) is 1.87. The highest BCUT2D eigenvalue weighted by atomic mass is 16.5. The van der Waals surface area contributed by atoms with E-state index in [0.717, 1.165) is 24.2 Å². The predicted molar refractivity (Wildman–Crippen MR) is 87.5 cm³/mol. The first-order chi connectivity index (χ1) is 11.2. The number of urea groups is 1. The molecule has 0 bridgehead atoms. The number of rotatable bonds is 6. The molecule has 3 rings (SSSR count). The molecule has 1 aliphatic carbocycles. The number of nitrogens with one attached hydrogen (secondary N) is 3. The minimum absolute atomic E-state index is 0.239. The molecule has 0 atom stereocenters. The fourth-order valence-corrected chi connectivity index (χ4v) is 2.09. The van der Waals surface area contributed by atoms with Crippen LogP contribution in [0.5, 0.6) is 5.75 Å². The molecule has 7 nitrogen and oxygen atoms in total. The second-order valence-corrected chi connectivity index (χ2v) is 5.34. The number of aromatic nitrogens is 2. The lowest BCUT2D eigenvalue weighted by Gasteiger charge is -2.10. The predicted octanol–water partition coefficient (Wildman–Crippen LogP) is 2.38. The van der Waals surface area contributed by atoms with Gasteiger partial charge in [-0.3, -0.25) is 5.32 Å². The van der Waals surface area contributed by atoms with Gasteiger partial charge in [-0.05, 0) is 31.0 Å². The minimum atomic E-state index is -0.239. The molecule has 0 saturated heterocycles. The van der Waals surface area contributed by atoms with E-state index in [2.05, 4.69) is 26.1 Å². The van der Waals surface area contributed by atoms with E-state index in [-0.39, 0.29) is 6.03 Å². The van der Waals surface area contributed by atoms with Crippen LogP contribution in [-0.2, 0) is 6.54 Å². The van der Waals surface area contributed by atoms with Crippen LogP contribution < -0.4 is 20.7 Å². The Balaban J connectivity index is 1.53. The molecule has 0 unspecified atom stereocenters. The normalized spacial score (nSPS) is 13.3. The van der Waals surface area contributed by atoms with Crippen LogP contribution in [0.25, 0.3) is 0 Å². The maximum Gasteiger partial charge on any atom is 0.320 e. The molecule has 0 spiro atoms. The molecule has 1 fully saturated rings. The number of amides is 2. The first-order valence-electron chi connectivity index (χ1n) is 7.51. The number of carbonyl (C=O) groups is 1. The van der Waals surface area contributed by atoms with Gasteiger partial charge >= 0.3 is 6.03 Å². The SMILES string of the molecule is COc1ccccc1CNc1ccc(NC(=O)NC2CC2)nn1. The third-order valence-electron chi connectivity index (χ3n) is 3.47. The third kappa shape index (κ3) is 4.32. The maximum absolute atomic E-state index is 11.6. The molecule has 2 amide bonds. The van der Waals surface area contributed by atoms with E-state index in [1.807, 2.05) is 24.3 Å². The van der Waals surface area contributed by atoms with Gasteiger partial charge in [-0.15, -0.1) is 10.2 Å².